The maximum atomic E-state index is 4.55. The number of fused-ring (bicyclic) bond motifs is 1. The molecule has 3 aromatic heterocycles. The zero-order valence-electron chi connectivity index (χ0n) is 14.0. The first kappa shape index (κ1) is 15.2. The topological polar surface area (TPSA) is 54.5 Å². The summed E-state index contributed by atoms with van der Waals surface area (Å²) >= 11 is 1.59. The maximum absolute atomic E-state index is 4.55. The zero-order valence-corrected chi connectivity index (χ0v) is 14.8. The van der Waals surface area contributed by atoms with Crippen molar-refractivity contribution in [3.63, 3.8) is 0 Å². The van der Waals surface area contributed by atoms with Crippen LogP contribution in [0.5, 0.6) is 0 Å². The van der Waals surface area contributed by atoms with E-state index in [2.05, 4.69) is 74.8 Å². The highest BCUT2D eigenvalue weighted by Gasteiger charge is 2.36. The van der Waals surface area contributed by atoms with Crippen molar-refractivity contribution in [3.8, 4) is 11.4 Å². The predicted molar refractivity (Wildman–Crippen MR) is 104 cm³/mol. The maximum Gasteiger partial charge on any atom is 0.119 e. The van der Waals surface area contributed by atoms with E-state index in [1.165, 1.54) is 11.1 Å². The molecule has 0 spiro atoms. The van der Waals surface area contributed by atoms with Crippen LogP contribution in [-0.4, -0.2) is 20.2 Å². The summed E-state index contributed by atoms with van der Waals surface area (Å²) in [6.45, 7) is 0. The third-order valence-corrected chi connectivity index (χ3v) is 5.62. The largest absolute Gasteiger partial charge is 0.281 e. The smallest absolute Gasteiger partial charge is 0.119 e. The monoisotopic (exact) mass is 356 g/mol. The van der Waals surface area contributed by atoms with Gasteiger partial charge in [0.15, 0.2) is 0 Å². The average Bonchev–Trinajstić information content (AvgIpc) is 3.38. The molecule has 0 radical (unpaired) electrons. The Labute approximate surface area is 155 Å². The van der Waals surface area contributed by atoms with Crippen LogP contribution in [0.4, 0.5) is 0 Å². The Morgan fingerprint density at radius 3 is 2.58 bits per heavy atom. The summed E-state index contributed by atoms with van der Waals surface area (Å²) in [4.78, 5) is 8.61. The van der Waals surface area contributed by atoms with Gasteiger partial charge in [0.05, 0.1) is 5.51 Å². The van der Waals surface area contributed by atoms with Crippen molar-refractivity contribution < 1.29 is 0 Å². The van der Waals surface area contributed by atoms with E-state index in [1.54, 1.807) is 11.3 Å². The molecular weight excluding hydrogens is 340 g/mol. The lowest BCUT2D eigenvalue weighted by Crippen LogP contribution is -2.30. The summed E-state index contributed by atoms with van der Waals surface area (Å²) in [7, 11) is 0. The second-order valence-corrected chi connectivity index (χ2v) is 7.14. The van der Waals surface area contributed by atoms with Crippen LogP contribution in [0, 0.1) is 0 Å². The van der Waals surface area contributed by atoms with E-state index >= 15 is 0 Å². The Morgan fingerprint density at radius 1 is 1.00 bits per heavy atom. The average molecular weight is 356 g/mol. The van der Waals surface area contributed by atoms with E-state index in [4.69, 9.17) is 0 Å². The SMILES string of the molecule is C1=CC(c2ccccc2)(c2ccncc2)Cc2[nH]nc(-c3cscn3)c21. The number of nitrogens with zero attached hydrogens (tertiary/aromatic N) is 3. The molecule has 5 heteroatoms. The first-order valence-corrected chi connectivity index (χ1v) is 9.42. The van der Waals surface area contributed by atoms with Crippen LogP contribution in [0.15, 0.2) is 71.8 Å². The number of hydrogen-bond acceptors (Lipinski definition) is 4. The first-order chi connectivity index (χ1) is 12.9. The number of nitrogens with one attached hydrogen (secondary N) is 1. The molecule has 0 aliphatic heterocycles. The molecule has 1 N–H and O–H groups in total. The predicted octanol–water partition coefficient (Wildman–Crippen LogP) is 4.48. The Kier molecular flexibility index (Phi) is 3.53. The summed E-state index contributed by atoms with van der Waals surface area (Å²) in [5, 5.41) is 9.84. The fraction of sp³-hybridized carbons (Fsp3) is 0.0952. The Hall–Kier alpha value is -3.05. The molecule has 126 valence electrons. The van der Waals surface area contributed by atoms with Crippen LogP contribution in [0.2, 0.25) is 0 Å². The number of pyridine rings is 1. The third kappa shape index (κ3) is 2.32. The lowest BCUT2D eigenvalue weighted by atomic mass is 9.68. The van der Waals surface area contributed by atoms with E-state index in [-0.39, 0.29) is 5.41 Å². The quantitative estimate of drug-likeness (QED) is 0.589. The van der Waals surface area contributed by atoms with E-state index < -0.39 is 0 Å². The van der Waals surface area contributed by atoms with Crippen LogP contribution in [0.25, 0.3) is 17.5 Å². The van der Waals surface area contributed by atoms with Gasteiger partial charge in [0, 0.05) is 40.9 Å². The van der Waals surface area contributed by atoms with Crippen LogP contribution < -0.4 is 0 Å². The van der Waals surface area contributed by atoms with Crippen molar-refractivity contribution >= 4 is 17.4 Å². The molecule has 4 aromatic rings. The lowest BCUT2D eigenvalue weighted by Gasteiger charge is -2.34. The van der Waals surface area contributed by atoms with Gasteiger partial charge >= 0.3 is 0 Å². The standard InChI is InChI=1S/C21H16N4S/c1-2-4-15(5-3-1)21(16-7-10-22-11-8-16)9-6-17-18(12-21)24-25-20(17)19-13-26-14-23-19/h1-11,13-14H,12H2,(H,24,25). The number of aromatic nitrogens is 4. The summed E-state index contributed by atoms with van der Waals surface area (Å²) in [6.07, 6.45) is 9.02. The molecule has 1 aromatic carbocycles. The van der Waals surface area contributed by atoms with E-state index in [9.17, 15) is 0 Å². The molecule has 1 atom stereocenters. The van der Waals surface area contributed by atoms with Crippen molar-refractivity contribution in [1.29, 1.82) is 0 Å². The number of benzene rings is 1. The molecule has 5 rings (SSSR count). The van der Waals surface area contributed by atoms with Crippen molar-refractivity contribution in [2.75, 3.05) is 0 Å². The Morgan fingerprint density at radius 2 is 1.81 bits per heavy atom. The second kappa shape index (κ2) is 6.04. The third-order valence-electron chi connectivity index (χ3n) is 5.03. The normalized spacial score (nSPS) is 18.6. The molecule has 0 bridgehead atoms. The molecule has 3 heterocycles. The van der Waals surface area contributed by atoms with Gasteiger partial charge in [-0.05, 0) is 23.3 Å². The molecule has 1 unspecified atom stereocenters. The minimum atomic E-state index is -0.233. The van der Waals surface area contributed by atoms with E-state index in [0.29, 0.717) is 0 Å². The molecule has 26 heavy (non-hydrogen) atoms. The molecular formula is C21H16N4S. The number of thiazole rings is 1. The number of allylic oxidation sites excluding steroid dienone is 1. The van der Waals surface area contributed by atoms with Gasteiger partial charge in [0.25, 0.3) is 0 Å². The van der Waals surface area contributed by atoms with Gasteiger partial charge in [-0.25, -0.2) is 4.98 Å². The van der Waals surface area contributed by atoms with E-state index in [1.807, 2.05) is 23.3 Å². The summed E-state index contributed by atoms with van der Waals surface area (Å²) in [5.41, 5.74) is 8.22. The molecule has 0 saturated carbocycles. The van der Waals surface area contributed by atoms with Crippen LogP contribution >= 0.6 is 11.3 Å². The second-order valence-electron chi connectivity index (χ2n) is 6.42. The molecule has 0 fully saturated rings. The number of hydrogen-bond donors (Lipinski definition) is 1. The van der Waals surface area contributed by atoms with Crippen molar-refractivity contribution in [2.24, 2.45) is 0 Å². The van der Waals surface area contributed by atoms with Crippen LogP contribution in [0.3, 0.4) is 0 Å². The molecule has 1 aliphatic carbocycles. The zero-order chi connectivity index (χ0) is 17.4. The summed E-state index contributed by atoms with van der Waals surface area (Å²) in [6, 6.07) is 14.8. The van der Waals surface area contributed by atoms with Gasteiger partial charge in [-0.1, -0.05) is 42.5 Å². The molecule has 0 saturated heterocycles. The van der Waals surface area contributed by atoms with E-state index in [0.717, 1.165) is 29.1 Å². The van der Waals surface area contributed by atoms with Crippen molar-refractivity contribution in [3.05, 3.63) is 94.2 Å². The molecule has 0 amide bonds. The van der Waals surface area contributed by atoms with Gasteiger partial charge < -0.3 is 0 Å². The van der Waals surface area contributed by atoms with Crippen LogP contribution in [-0.2, 0) is 11.8 Å². The Bertz CT molecular complexity index is 1010. The molecule has 1 aliphatic rings. The van der Waals surface area contributed by atoms with Gasteiger partial charge in [0.1, 0.15) is 11.4 Å². The highest BCUT2D eigenvalue weighted by Crippen LogP contribution is 2.42. The highest BCUT2D eigenvalue weighted by atomic mass is 32.1. The fourth-order valence-corrected chi connectivity index (χ4v) is 4.27. The number of aromatic amines is 1. The summed E-state index contributed by atoms with van der Waals surface area (Å²) in [5.74, 6) is 0. The minimum absolute atomic E-state index is 0.233. The number of H-pyrrole nitrogens is 1. The summed E-state index contributed by atoms with van der Waals surface area (Å²) < 4.78 is 0. The minimum Gasteiger partial charge on any atom is -0.281 e. The number of rotatable bonds is 3. The van der Waals surface area contributed by atoms with Gasteiger partial charge in [-0.3, -0.25) is 10.1 Å². The highest BCUT2D eigenvalue weighted by molar-refractivity contribution is 7.07. The molecule has 4 nitrogen and oxygen atoms in total. The fourth-order valence-electron chi connectivity index (χ4n) is 3.74. The van der Waals surface area contributed by atoms with Crippen molar-refractivity contribution in [2.45, 2.75) is 11.8 Å². The van der Waals surface area contributed by atoms with Gasteiger partial charge in [-0.2, -0.15) is 5.10 Å². The van der Waals surface area contributed by atoms with Gasteiger partial charge in [0.2, 0.25) is 0 Å². The van der Waals surface area contributed by atoms with Crippen molar-refractivity contribution in [1.82, 2.24) is 20.2 Å². The van der Waals surface area contributed by atoms with Gasteiger partial charge in [-0.15, -0.1) is 11.3 Å². The first-order valence-electron chi connectivity index (χ1n) is 8.48. The van der Waals surface area contributed by atoms with Crippen LogP contribution in [0.1, 0.15) is 22.4 Å². The Balaban J connectivity index is 1.67. The lowest BCUT2D eigenvalue weighted by molar-refractivity contribution is 0.619.